The van der Waals surface area contributed by atoms with Crippen molar-refractivity contribution in [2.24, 2.45) is 0 Å². The van der Waals surface area contributed by atoms with Crippen molar-refractivity contribution in [2.75, 3.05) is 13.2 Å². The molecule has 0 fully saturated rings. The van der Waals surface area contributed by atoms with Crippen molar-refractivity contribution in [3.63, 3.8) is 0 Å². The largest absolute Gasteiger partial charge is 1.00 e. The molecule has 0 atom stereocenters. The van der Waals surface area contributed by atoms with Crippen LogP contribution in [0.1, 0.15) is 5.56 Å². The molecule has 0 amide bonds. The second kappa shape index (κ2) is 11.1. The Morgan fingerprint density at radius 3 is 2.41 bits per heavy atom. The summed E-state index contributed by atoms with van der Waals surface area (Å²) in [5.74, 6) is 0.616. The standard InChI is InChI=1S/C9H13O5P.2K/c1-8-3-2-4-9(7-8)13-5-6-14-15(10,11)12;;/h2-4,7H,5-6H2,1H3,(H2,10,11,12);;/q;2*+1/p-2. The topological polar surface area (TPSA) is 81.7 Å². The minimum absolute atomic E-state index is 0. The van der Waals surface area contributed by atoms with Crippen LogP contribution in [0.25, 0.3) is 0 Å². The van der Waals surface area contributed by atoms with Crippen LogP contribution in [-0.4, -0.2) is 13.2 Å². The first kappa shape index (κ1) is 21.7. The van der Waals surface area contributed by atoms with Crippen LogP contribution in [0.4, 0.5) is 0 Å². The van der Waals surface area contributed by atoms with Gasteiger partial charge in [-0.05, 0) is 24.6 Å². The third-order valence-electron chi connectivity index (χ3n) is 1.59. The summed E-state index contributed by atoms with van der Waals surface area (Å²) in [7, 11) is -4.88. The summed E-state index contributed by atoms with van der Waals surface area (Å²) in [5.41, 5.74) is 1.03. The van der Waals surface area contributed by atoms with E-state index < -0.39 is 7.82 Å². The van der Waals surface area contributed by atoms with Gasteiger partial charge in [0.15, 0.2) is 0 Å². The Hall–Kier alpha value is 2.40. The van der Waals surface area contributed by atoms with Crippen molar-refractivity contribution in [2.45, 2.75) is 6.92 Å². The van der Waals surface area contributed by atoms with Crippen LogP contribution in [-0.2, 0) is 9.09 Å². The summed E-state index contributed by atoms with van der Waals surface area (Å²) in [6.45, 7) is 1.67. The first-order valence-electron chi connectivity index (χ1n) is 4.33. The normalized spacial score (nSPS) is 10.1. The van der Waals surface area contributed by atoms with Gasteiger partial charge < -0.3 is 23.6 Å². The van der Waals surface area contributed by atoms with Crippen molar-refractivity contribution in [1.29, 1.82) is 0 Å². The maximum Gasteiger partial charge on any atom is 1.00 e. The quantitative estimate of drug-likeness (QED) is 0.308. The number of hydrogen-bond donors (Lipinski definition) is 0. The molecule has 0 radical (unpaired) electrons. The molecule has 0 saturated carbocycles. The van der Waals surface area contributed by atoms with Crippen LogP contribution < -0.4 is 117 Å². The Bertz CT molecular complexity index is 368. The van der Waals surface area contributed by atoms with Gasteiger partial charge in [-0.1, -0.05) is 12.1 Å². The fraction of sp³-hybridized carbons (Fsp3) is 0.333. The number of ether oxygens (including phenoxy) is 1. The van der Waals surface area contributed by atoms with Gasteiger partial charge in [-0.25, -0.2) is 0 Å². The summed E-state index contributed by atoms with van der Waals surface area (Å²) in [6.07, 6.45) is 0. The molecule has 0 saturated heterocycles. The number of phosphoric acid groups is 1. The molecule has 0 N–H and O–H groups in total. The number of rotatable bonds is 5. The van der Waals surface area contributed by atoms with Gasteiger partial charge in [0.25, 0.3) is 0 Å². The van der Waals surface area contributed by atoms with E-state index in [1.165, 1.54) is 0 Å². The fourth-order valence-corrected chi connectivity index (χ4v) is 1.31. The monoisotopic (exact) mass is 308 g/mol. The van der Waals surface area contributed by atoms with Crippen molar-refractivity contribution >= 4 is 7.82 Å². The zero-order chi connectivity index (χ0) is 11.3. The minimum atomic E-state index is -4.88. The van der Waals surface area contributed by atoms with Crippen molar-refractivity contribution in [3.8, 4) is 5.75 Å². The molecule has 0 unspecified atom stereocenters. The average Bonchev–Trinajstić information content (AvgIpc) is 2.11. The maximum atomic E-state index is 10.1. The van der Waals surface area contributed by atoms with Gasteiger partial charge in [0.05, 0.1) is 14.4 Å². The van der Waals surface area contributed by atoms with Gasteiger partial charge >= 0.3 is 103 Å². The molecule has 5 nitrogen and oxygen atoms in total. The Kier molecular flexibility index (Phi) is 14.2. The number of phosphoric ester groups is 1. The molecule has 0 bridgehead atoms. The van der Waals surface area contributed by atoms with Gasteiger partial charge in [-0.2, -0.15) is 0 Å². The molecule has 8 heteroatoms. The summed E-state index contributed by atoms with van der Waals surface area (Å²) in [6, 6.07) is 7.26. The zero-order valence-electron chi connectivity index (χ0n) is 10.2. The molecule has 17 heavy (non-hydrogen) atoms. The van der Waals surface area contributed by atoms with Crippen LogP contribution >= 0.6 is 7.82 Å². The Labute approximate surface area is 186 Å². The van der Waals surface area contributed by atoms with Gasteiger partial charge in [-0.3, -0.25) is 0 Å². The van der Waals surface area contributed by atoms with E-state index in [1.54, 1.807) is 12.1 Å². The Balaban J connectivity index is 0. The van der Waals surface area contributed by atoms with Crippen LogP contribution in [0.5, 0.6) is 5.75 Å². The van der Waals surface area contributed by atoms with Crippen molar-refractivity contribution in [3.05, 3.63) is 29.8 Å². The zero-order valence-corrected chi connectivity index (χ0v) is 17.4. The first-order valence-corrected chi connectivity index (χ1v) is 5.79. The second-order valence-electron chi connectivity index (χ2n) is 2.95. The smallest absolute Gasteiger partial charge is 0.790 e. The molecule has 0 aliphatic heterocycles. The van der Waals surface area contributed by atoms with Crippen LogP contribution in [0.3, 0.4) is 0 Å². The summed E-state index contributed by atoms with van der Waals surface area (Å²) in [4.78, 5) is 20.2. The minimum Gasteiger partial charge on any atom is -0.790 e. The van der Waals surface area contributed by atoms with Gasteiger partial charge in [0.2, 0.25) is 0 Å². The number of aryl methyl sites for hydroxylation is 1. The SMILES string of the molecule is Cc1cccc(OCCOP(=O)([O-])[O-])c1.[K+].[K+]. The Morgan fingerprint density at radius 2 is 1.88 bits per heavy atom. The fourth-order valence-electron chi connectivity index (χ4n) is 1.01. The average molecular weight is 308 g/mol. The van der Waals surface area contributed by atoms with Crippen molar-refractivity contribution in [1.82, 2.24) is 0 Å². The number of hydrogen-bond acceptors (Lipinski definition) is 5. The van der Waals surface area contributed by atoms with E-state index >= 15 is 0 Å². The predicted octanol–water partition coefficient (Wildman–Crippen LogP) is -5.77. The second-order valence-corrected chi connectivity index (χ2v) is 4.10. The van der Waals surface area contributed by atoms with Gasteiger partial charge in [-0.15, -0.1) is 0 Å². The molecule has 0 aromatic heterocycles. The molecule has 1 aromatic rings. The predicted molar refractivity (Wildman–Crippen MR) is 50.2 cm³/mol. The van der Waals surface area contributed by atoms with Crippen LogP contribution in [0, 0.1) is 6.92 Å². The first-order chi connectivity index (χ1) is 6.97. The summed E-state index contributed by atoms with van der Waals surface area (Å²) >= 11 is 0. The molecule has 0 heterocycles. The third-order valence-corrected chi connectivity index (χ3v) is 2.09. The van der Waals surface area contributed by atoms with E-state index in [0.717, 1.165) is 5.56 Å². The van der Waals surface area contributed by atoms with E-state index in [4.69, 9.17) is 4.74 Å². The summed E-state index contributed by atoms with van der Waals surface area (Å²) in [5, 5.41) is 0. The molecule has 1 rings (SSSR count). The molecule has 0 aliphatic rings. The van der Waals surface area contributed by atoms with E-state index in [0.29, 0.717) is 5.75 Å². The summed E-state index contributed by atoms with van der Waals surface area (Å²) < 4.78 is 19.3. The molecule has 0 spiro atoms. The van der Waals surface area contributed by atoms with Crippen molar-refractivity contribution < 1.29 is 126 Å². The van der Waals surface area contributed by atoms with E-state index in [-0.39, 0.29) is 116 Å². The van der Waals surface area contributed by atoms with Crippen LogP contribution in [0.15, 0.2) is 24.3 Å². The Morgan fingerprint density at radius 1 is 1.24 bits per heavy atom. The number of benzene rings is 1. The van der Waals surface area contributed by atoms with E-state index in [1.807, 2.05) is 19.1 Å². The molecule has 0 aliphatic carbocycles. The van der Waals surface area contributed by atoms with E-state index in [9.17, 15) is 14.4 Å². The van der Waals surface area contributed by atoms with E-state index in [2.05, 4.69) is 4.52 Å². The van der Waals surface area contributed by atoms with Crippen LogP contribution in [0.2, 0.25) is 0 Å². The molecular weight excluding hydrogens is 297 g/mol. The van der Waals surface area contributed by atoms with Gasteiger partial charge in [0.1, 0.15) is 12.4 Å². The molecule has 84 valence electrons. The molecular formula is C9H11K2O5P. The third kappa shape index (κ3) is 11.9. The maximum absolute atomic E-state index is 10.1. The molecule has 1 aromatic carbocycles. The van der Waals surface area contributed by atoms with Gasteiger partial charge in [0, 0.05) is 0 Å².